The first-order chi connectivity index (χ1) is 19.9. The highest BCUT2D eigenvalue weighted by Crippen LogP contribution is 2.43. The predicted octanol–water partition coefficient (Wildman–Crippen LogP) is 3.25. The molecule has 6 rings (SSSR count). The van der Waals surface area contributed by atoms with E-state index in [-0.39, 0.29) is 29.9 Å². The van der Waals surface area contributed by atoms with Gasteiger partial charge in [-0.3, -0.25) is 24.6 Å². The Labute approximate surface area is 241 Å². The van der Waals surface area contributed by atoms with Crippen LogP contribution in [0.3, 0.4) is 0 Å². The molecule has 4 heterocycles. The number of para-hydroxylation sites is 1. The van der Waals surface area contributed by atoms with E-state index in [1.165, 1.54) is 11.1 Å². The molecule has 1 atom stereocenters. The molecule has 3 fully saturated rings. The van der Waals surface area contributed by atoms with Gasteiger partial charge in [0.2, 0.25) is 17.7 Å². The van der Waals surface area contributed by atoms with Gasteiger partial charge >= 0.3 is 0 Å². The number of nitrogens with zero attached hydrogens (tertiary/aromatic N) is 3. The minimum absolute atomic E-state index is 0.154. The molecule has 9 nitrogen and oxygen atoms in total. The molecule has 3 saturated heterocycles. The Kier molecular flexibility index (Phi) is 8.14. The van der Waals surface area contributed by atoms with Crippen molar-refractivity contribution in [3.8, 4) is 11.5 Å². The van der Waals surface area contributed by atoms with E-state index >= 15 is 0 Å². The first-order valence-electron chi connectivity index (χ1n) is 15.0. The molecule has 2 aromatic carbocycles. The van der Waals surface area contributed by atoms with E-state index in [4.69, 9.17) is 9.47 Å². The molecule has 0 saturated carbocycles. The number of benzene rings is 2. The number of nitrogens with one attached hydrogen (secondary N) is 1. The second-order valence-corrected chi connectivity index (χ2v) is 11.8. The number of likely N-dealkylation sites (tertiary alicyclic amines) is 2. The van der Waals surface area contributed by atoms with Gasteiger partial charge in [0.1, 0.15) is 30.3 Å². The Morgan fingerprint density at radius 2 is 1.76 bits per heavy atom. The summed E-state index contributed by atoms with van der Waals surface area (Å²) in [5.41, 5.74) is 3.31. The molecule has 0 radical (unpaired) electrons. The Bertz CT molecular complexity index is 1280. The second-order valence-electron chi connectivity index (χ2n) is 11.8. The Morgan fingerprint density at radius 3 is 2.51 bits per heavy atom. The third-order valence-corrected chi connectivity index (χ3v) is 8.97. The van der Waals surface area contributed by atoms with Crippen LogP contribution in [0, 0.1) is 6.92 Å². The van der Waals surface area contributed by atoms with Gasteiger partial charge in [0, 0.05) is 32.4 Å². The average Bonchev–Trinajstić information content (AvgIpc) is 2.97. The molecular formula is C32H40N4O5. The maximum absolute atomic E-state index is 13.1. The van der Waals surface area contributed by atoms with Crippen LogP contribution in [0.5, 0.6) is 11.5 Å². The van der Waals surface area contributed by atoms with Crippen molar-refractivity contribution in [2.45, 2.75) is 63.5 Å². The van der Waals surface area contributed by atoms with E-state index in [1.54, 1.807) is 0 Å². The summed E-state index contributed by atoms with van der Waals surface area (Å²) in [6.45, 7) is 6.87. The van der Waals surface area contributed by atoms with Gasteiger partial charge in [0.05, 0.1) is 18.8 Å². The van der Waals surface area contributed by atoms with Crippen LogP contribution < -0.4 is 19.7 Å². The number of imide groups is 1. The van der Waals surface area contributed by atoms with Gasteiger partial charge in [0.25, 0.3) is 0 Å². The van der Waals surface area contributed by atoms with Gasteiger partial charge in [-0.25, -0.2) is 0 Å². The van der Waals surface area contributed by atoms with Crippen LogP contribution in [0.2, 0.25) is 0 Å². The molecule has 0 aromatic heterocycles. The van der Waals surface area contributed by atoms with Crippen molar-refractivity contribution in [2.24, 2.45) is 0 Å². The molecule has 9 heteroatoms. The van der Waals surface area contributed by atoms with Crippen molar-refractivity contribution >= 4 is 23.4 Å². The molecule has 41 heavy (non-hydrogen) atoms. The maximum atomic E-state index is 13.1. The highest BCUT2D eigenvalue weighted by Gasteiger charge is 2.36. The minimum Gasteiger partial charge on any atom is -0.490 e. The largest absolute Gasteiger partial charge is 0.490 e. The zero-order valence-corrected chi connectivity index (χ0v) is 23.8. The van der Waals surface area contributed by atoms with Gasteiger partial charge in [-0.2, -0.15) is 0 Å². The molecule has 0 spiro atoms. The highest BCUT2D eigenvalue weighted by atomic mass is 16.5. The van der Waals surface area contributed by atoms with Gasteiger partial charge in [0.15, 0.2) is 0 Å². The minimum atomic E-state index is -0.349. The number of anilines is 1. The zero-order valence-electron chi connectivity index (χ0n) is 23.8. The summed E-state index contributed by atoms with van der Waals surface area (Å²) < 4.78 is 12.3. The number of fused-ring (bicyclic) bond motifs is 1. The van der Waals surface area contributed by atoms with Crippen molar-refractivity contribution < 1.29 is 23.9 Å². The van der Waals surface area contributed by atoms with Crippen molar-refractivity contribution in [3.05, 3.63) is 53.6 Å². The van der Waals surface area contributed by atoms with Gasteiger partial charge in [-0.05, 0) is 74.5 Å². The number of carbonyl (C=O) groups is 3. The smallest absolute Gasteiger partial charge is 0.249 e. The first-order valence-corrected chi connectivity index (χ1v) is 15.0. The number of hydrogen-bond acceptors (Lipinski definition) is 7. The predicted molar refractivity (Wildman–Crippen MR) is 155 cm³/mol. The SMILES string of the molecule is Cc1cccc(OC2CCN(C(=O)CN3CCC(c4cccc5c4OCCN5C4CCC(=O)NC4=O)CC3)CC2)c1. The number of piperidine rings is 3. The Balaban J connectivity index is 1.01. The highest BCUT2D eigenvalue weighted by molar-refractivity contribution is 6.02. The molecule has 0 bridgehead atoms. The summed E-state index contributed by atoms with van der Waals surface area (Å²) in [7, 11) is 0. The lowest BCUT2D eigenvalue weighted by Crippen LogP contribution is -2.54. The fourth-order valence-corrected chi connectivity index (χ4v) is 6.71. The quantitative estimate of drug-likeness (QED) is 0.543. The number of amides is 3. The van der Waals surface area contributed by atoms with Gasteiger partial charge < -0.3 is 19.3 Å². The monoisotopic (exact) mass is 560 g/mol. The fraction of sp³-hybridized carbons (Fsp3) is 0.531. The molecule has 0 aliphatic carbocycles. The van der Waals surface area contributed by atoms with Gasteiger partial charge in [-0.1, -0.05) is 24.3 Å². The third kappa shape index (κ3) is 6.20. The van der Waals surface area contributed by atoms with E-state index < -0.39 is 0 Å². The first kappa shape index (κ1) is 27.6. The normalized spacial score (nSPS) is 22.6. The molecule has 4 aliphatic rings. The van der Waals surface area contributed by atoms with Crippen molar-refractivity contribution in [1.29, 1.82) is 0 Å². The molecule has 218 valence electrons. The maximum Gasteiger partial charge on any atom is 0.249 e. The fourth-order valence-electron chi connectivity index (χ4n) is 6.71. The summed E-state index contributed by atoms with van der Waals surface area (Å²) >= 11 is 0. The van der Waals surface area contributed by atoms with Crippen LogP contribution in [0.1, 0.15) is 55.6 Å². The van der Waals surface area contributed by atoms with Crippen LogP contribution in [-0.2, 0) is 14.4 Å². The van der Waals surface area contributed by atoms with Gasteiger partial charge in [-0.15, -0.1) is 0 Å². The zero-order chi connectivity index (χ0) is 28.3. The summed E-state index contributed by atoms with van der Waals surface area (Å²) in [6.07, 6.45) is 4.67. The summed E-state index contributed by atoms with van der Waals surface area (Å²) in [6, 6.07) is 14.0. The lowest BCUT2D eigenvalue weighted by molar-refractivity contribution is -0.135. The van der Waals surface area contributed by atoms with Crippen molar-refractivity contribution in [1.82, 2.24) is 15.1 Å². The lowest BCUT2D eigenvalue weighted by atomic mass is 9.87. The average molecular weight is 561 g/mol. The van der Waals surface area contributed by atoms with Crippen molar-refractivity contribution in [2.75, 3.05) is 50.8 Å². The van der Waals surface area contributed by atoms with E-state index in [0.717, 1.165) is 69.0 Å². The standard InChI is InChI=1S/C32H40N4O5/c1-22-4-2-5-25(20-22)41-24-12-16-35(17-13-24)30(38)21-34-14-10-23(11-15-34)26-6-3-7-27-31(26)40-19-18-36(27)28-8-9-29(37)33-32(28)39/h2-7,20,23-24,28H,8-19,21H2,1H3,(H,33,37,39). The third-order valence-electron chi connectivity index (χ3n) is 8.97. The van der Waals surface area contributed by atoms with E-state index in [1.807, 2.05) is 29.2 Å². The number of hydrogen-bond donors (Lipinski definition) is 1. The number of carbonyl (C=O) groups excluding carboxylic acids is 3. The van der Waals surface area contributed by atoms with Crippen molar-refractivity contribution in [3.63, 3.8) is 0 Å². The summed E-state index contributed by atoms with van der Waals surface area (Å²) in [4.78, 5) is 43.7. The van der Waals surface area contributed by atoms with Crippen LogP contribution in [0.4, 0.5) is 5.69 Å². The summed E-state index contributed by atoms with van der Waals surface area (Å²) in [5.74, 6) is 1.90. The molecular weight excluding hydrogens is 520 g/mol. The van der Waals surface area contributed by atoms with E-state index in [9.17, 15) is 14.4 Å². The Hall–Kier alpha value is -3.59. The number of aryl methyl sites for hydroxylation is 1. The van der Waals surface area contributed by atoms with E-state index in [2.05, 4.69) is 40.2 Å². The van der Waals surface area contributed by atoms with Crippen LogP contribution in [0.25, 0.3) is 0 Å². The Morgan fingerprint density at radius 1 is 0.976 bits per heavy atom. The number of ether oxygens (including phenoxy) is 2. The van der Waals surface area contributed by atoms with Crippen LogP contribution in [-0.4, -0.2) is 85.5 Å². The molecule has 1 unspecified atom stereocenters. The number of rotatable bonds is 6. The van der Waals surface area contributed by atoms with E-state index in [0.29, 0.717) is 38.5 Å². The molecule has 2 aromatic rings. The summed E-state index contributed by atoms with van der Waals surface area (Å²) in [5, 5.41) is 2.49. The molecule has 1 N–H and O–H groups in total. The van der Waals surface area contributed by atoms with Crippen LogP contribution >= 0.6 is 0 Å². The lowest BCUT2D eigenvalue weighted by Gasteiger charge is -2.40. The second kappa shape index (κ2) is 12.1. The molecule has 3 amide bonds. The topological polar surface area (TPSA) is 91.4 Å². The van der Waals surface area contributed by atoms with Crippen LogP contribution in [0.15, 0.2) is 42.5 Å². The molecule has 4 aliphatic heterocycles.